The second-order valence-corrected chi connectivity index (χ2v) is 5.74. The summed E-state index contributed by atoms with van der Waals surface area (Å²) < 4.78 is 5.16. The van der Waals surface area contributed by atoms with Gasteiger partial charge in [-0.25, -0.2) is 4.98 Å². The minimum Gasteiger partial charge on any atom is -0.497 e. The van der Waals surface area contributed by atoms with Gasteiger partial charge in [-0.15, -0.1) is 0 Å². The van der Waals surface area contributed by atoms with Crippen LogP contribution in [0.15, 0.2) is 48.7 Å². The molecular formula is C20H25N3O3. The van der Waals surface area contributed by atoms with Crippen molar-refractivity contribution in [3.05, 3.63) is 54.2 Å². The fourth-order valence-corrected chi connectivity index (χ4v) is 2.30. The van der Waals surface area contributed by atoms with E-state index in [1.165, 1.54) is 6.08 Å². The molecule has 1 aromatic carbocycles. The second-order valence-electron chi connectivity index (χ2n) is 5.74. The zero-order chi connectivity index (χ0) is 18.6. The summed E-state index contributed by atoms with van der Waals surface area (Å²) in [4.78, 5) is 16.3. The number of hydrogen-bond donors (Lipinski definition) is 3. The van der Waals surface area contributed by atoms with Crippen LogP contribution in [-0.4, -0.2) is 36.3 Å². The number of aliphatic hydroxyl groups is 1. The number of anilines is 2. The maximum absolute atomic E-state index is 12.0. The molecule has 138 valence electrons. The number of amides is 1. The Balaban J connectivity index is 1.80. The number of rotatable bonds is 10. The number of carbonyl (C=O) groups is 1. The topological polar surface area (TPSA) is 83.5 Å². The lowest BCUT2D eigenvalue weighted by Crippen LogP contribution is -2.09. The molecule has 0 aliphatic rings. The number of aliphatic hydroxyl groups excluding tert-OH is 1. The molecule has 0 saturated carbocycles. The Hall–Kier alpha value is -2.86. The molecule has 6 nitrogen and oxygen atoms in total. The third-order valence-electron chi connectivity index (χ3n) is 3.69. The van der Waals surface area contributed by atoms with Crippen LogP contribution < -0.4 is 15.4 Å². The molecule has 0 radical (unpaired) electrons. The summed E-state index contributed by atoms with van der Waals surface area (Å²) in [6.45, 7) is 1.04. The van der Waals surface area contributed by atoms with Crippen molar-refractivity contribution in [3.8, 4) is 5.75 Å². The fourth-order valence-electron chi connectivity index (χ4n) is 2.30. The van der Waals surface area contributed by atoms with E-state index in [0.29, 0.717) is 5.69 Å². The van der Waals surface area contributed by atoms with Crippen LogP contribution >= 0.6 is 0 Å². The van der Waals surface area contributed by atoms with Crippen LogP contribution in [0.3, 0.4) is 0 Å². The Morgan fingerprint density at radius 3 is 2.85 bits per heavy atom. The summed E-state index contributed by atoms with van der Waals surface area (Å²) in [6, 6.07) is 11.1. The van der Waals surface area contributed by atoms with Crippen LogP contribution in [0.1, 0.15) is 24.8 Å². The number of aromatic nitrogens is 1. The highest BCUT2D eigenvalue weighted by Gasteiger charge is 2.00. The summed E-state index contributed by atoms with van der Waals surface area (Å²) in [7, 11) is 1.61. The average molecular weight is 355 g/mol. The molecule has 0 bridgehead atoms. The smallest absolute Gasteiger partial charge is 0.248 e. The van der Waals surface area contributed by atoms with Gasteiger partial charge in [-0.3, -0.25) is 4.79 Å². The third-order valence-corrected chi connectivity index (χ3v) is 3.69. The molecule has 0 fully saturated rings. The Morgan fingerprint density at radius 1 is 1.23 bits per heavy atom. The number of benzene rings is 1. The standard InChI is InChI=1S/C20H25N3O3/c1-26-18-7-5-6-16(14-18)8-11-20(25)23-17-9-10-19(22-15-17)21-12-3-2-4-13-24/h5-11,14-15,24H,2-4,12-13H2,1H3,(H,21,22)(H,23,25)/b11-8+. The molecule has 0 spiro atoms. The molecule has 3 N–H and O–H groups in total. The van der Waals surface area contributed by atoms with Crippen LogP contribution in [0.5, 0.6) is 5.75 Å². The van der Waals surface area contributed by atoms with Gasteiger partial charge in [0, 0.05) is 19.2 Å². The lowest BCUT2D eigenvalue weighted by atomic mass is 10.2. The number of carbonyl (C=O) groups excluding carboxylic acids is 1. The molecular weight excluding hydrogens is 330 g/mol. The molecule has 0 atom stereocenters. The number of unbranched alkanes of at least 4 members (excludes halogenated alkanes) is 2. The van der Waals surface area contributed by atoms with Crippen molar-refractivity contribution in [2.45, 2.75) is 19.3 Å². The van der Waals surface area contributed by atoms with Gasteiger partial charge in [-0.2, -0.15) is 0 Å². The maximum atomic E-state index is 12.0. The maximum Gasteiger partial charge on any atom is 0.248 e. The van der Waals surface area contributed by atoms with E-state index in [1.54, 1.807) is 25.4 Å². The first kappa shape index (κ1) is 19.5. The van der Waals surface area contributed by atoms with Gasteiger partial charge in [0.05, 0.1) is 19.0 Å². The van der Waals surface area contributed by atoms with E-state index in [4.69, 9.17) is 9.84 Å². The van der Waals surface area contributed by atoms with Crippen LogP contribution in [0, 0.1) is 0 Å². The molecule has 0 aliphatic carbocycles. The van der Waals surface area contributed by atoms with Crippen molar-refractivity contribution in [2.24, 2.45) is 0 Å². The molecule has 1 heterocycles. The van der Waals surface area contributed by atoms with Crippen molar-refractivity contribution in [1.82, 2.24) is 4.98 Å². The van der Waals surface area contributed by atoms with Crippen LogP contribution in [0.25, 0.3) is 6.08 Å². The molecule has 1 amide bonds. The van der Waals surface area contributed by atoms with E-state index < -0.39 is 0 Å². The van der Waals surface area contributed by atoms with Gasteiger partial charge in [-0.1, -0.05) is 12.1 Å². The summed E-state index contributed by atoms with van der Waals surface area (Å²) in [5, 5.41) is 14.7. The number of methoxy groups -OCH3 is 1. The molecule has 26 heavy (non-hydrogen) atoms. The number of hydrogen-bond acceptors (Lipinski definition) is 5. The van der Waals surface area contributed by atoms with E-state index in [2.05, 4.69) is 15.6 Å². The number of nitrogens with one attached hydrogen (secondary N) is 2. The van der Waals surface area contributed by atoms with Crippen molar-refractivity contribution in [3.63, 3.8) is 0 Å². The summed E-state index contributed by atoms with van der Waals surface area (Å²) in [6.07, 6.45) is 7.61. The predicted octanol–water partition coefficient (Wildman–Crippen LogP) is 3.32. The van der Waals surface area contributed by atoms with Gasteiger partial charge >= 0.3 is 0 Å². The van der Waals surface area contributed by atoms with Crippen molar-refractivity contribution in [2.75, 3.05) is 30.9 Å². The third kappa shape index (κ3) is 6.94. The molecule has 0 saturated heterocycles. The summed E-state index contributed by atoms with van der Waals surface area (Å²) in [5.74, 6) is 1.29. The zero-order valence-electron chi connectivity index (χ0n) is 14.9. The number of ether oxygens (including phenoxy) is 1. The SMILES string of the molecule is COc1cccc(/C=C/C(=O)Nc2ccc(NCCCCCO)nc2)c1. The van der Waals surface area contributed by atoms with Crippen LogP contribution in [0.4, 0.5) is 11.5 Å². The average Bonchev–Trinajstić information content (AvgIpc) is 2.68. The Labute approximate surface area is 153 Å². The molecule has 2 aromatic rings. The van der Waals surface area contributed by atoms with Gasteiger partial charge in [0.25, 0.3) is 0 Å². The van der Waals surface area contributed by atoms with E-state index in [-0.39, 0.29) is 12.5 Å². The lowest BCUT2D eigenvalue weighted by molar-refractivity contribution is -0.111. The highest BCUT2D eigenvalue weighted by Crippen LogP contribution is 2.14. The Morgan fingerprint density at radius 2 is 2.12 bits per heavy atom. The molecule has 0 unspecified atom stereocenters. The van der Waals surface area contributed by atoms with Crippen LogP contribution in [-0.2, 0) is 4.79 Å². The van der Waals surface area contributed by atoms with Gasteiger partial charge in [0.15, 0.2) is 0 Å². The van der Waals surface area contributed by atoms with Gasteiger partial charge in [-0.05, 0) is 55.2 Å². The highest BCUT2D eigenvalue weighted by atomic mass is 16.5. The number of nitrogens with zero attached hydrogens (tertiary/aromatic N) is 1. The highest BCUT2D eigenvalue weighted by molar-refractivity contribution is 6.01. The lowest BCUT2D eigenvalue weighted by Gasteiger charge is -2.06. The van der Waals surface area contributed by atoms with Gasteiger partial charge in [0.2, 0.25) is 5.91 Å². The van der Waals surface area contributed by atoms with Crippen molar-refractivity contribution in [1.29, 1.82) is 0 Å². The largest absolute Gasteiger partial charge is 0.497 e. The minimum absolute atomic E-state index is 0.223. The van der Waals surface area contributed by atoms with Gasteiger partial charge in [0.1, 0.15) is 11.6 Å². The fraction of sp³-hybridized carbons (Fsp3) is 0.300. The van der Waals surface area contributed by atoms with Crippen molar-refractivity contribution >= 4 is 23.5 Å². The molecule has 0 aliphatic heterocycles. The van der Waals surface area contributed by atoms with E-state index in [1.807, 2.05) is 30.3 Å². The Bertz CT molecular complexity index is 714. The molecule has 6 heteroatoms. The first-order chi connectivity index (χ1) is 12.7. The quantitative estimate of drug-likeness (QED) is 0.450. The van der Waals surface area contributed by atoms with E-state index in [0.717, 1.165) is 42.9 Å². The zero-order valence-corrected chi connectivity index (χ0v) is 14.9. The second kappa shape index (κ2) is 10.9. The molecule has 2 rings (SSSR count). The monoisotopic (exact) mass is 355 g/mol. The molecule has 1 aromatic heterocycles. The van der Waals surface area contributed by atoms with Crippen molar-refractivity contribution < 1.29 is 14.6 Å². The van der Waals surface area contributed by atoms with Crippen LogP contribution in [0.2, 0.25) is 0 Å². The first-order valence-corrected chi connectivity index (χ1v) is 8.65. The predicted molar refractivity (Wildman–Crippen MR) is 104 cm³/mol. The normalized spacial score (nSPS) is 10.7. The summed E-state index contributed by atoms with van der Waals surface area (Å²) in [5.41, 5.74) is 1.52. The first-order valence-electron chi connectivity index (χ1n) is 8.65. The Kier molecular flexibility index (Phi) is 8.15. The van der Waals surface area contributed by atoms with Gasteiger partial charge < -0.3 is 20.5 Å². The van der Waals surface area contributed by atoms with E-state index >= 15 is 0 Å². The van der Waals surface area contributed by atoms with E-state index in [9.17, 15) is 4.79 Å². The number of pyridine rings is 1. The minimum atomic E-state index is -0.223. The summed E-state index contributed by atoms with van der Waals surface area (Å²) >= 11 is 0.